The Balaban J connectivity index is 1.75. The zero-order valence-electron chi connectivity index (χ0n) is 15.4. The van der Waals surface area contributed by atoms with Crippen molar-refractivity contribution in [1.29, 1.82) is 0 Å². The fraction of sp³-hybridized carbons (Fsp3) is 0.316. The normalized spacial score (nSPS) is 13.7. The van der Waals surface area contributed by atoms with Crippen LogP contribution in [0.1, 0.15) is 23.2 Å². The molecular weight excluding hydrogens is 368 g/mol. The molecule has 1 fully saturated rings. The molecule has 7 nitrogen and oxygen atoms in total. The first-order chi connectivity index (χ1) is 12.8. The predicted octanol–water partition coefficient (Wildman–Crippen LogP) is 2.88. The van der Waals surface area contributed by atoms with Crippen LogP contribution in [0.25, 0.3) is 0 Å². The molecule has 0 aromatic heterocycles. The molecule has 1 N–H and O–H groups in total. The maximum absolute atomic E-state index is 12.5. The van der Waals surface area contributed by atoms with E-state index < -0.39 is 10.0 Å². The molecule has 0 spiro atoms. The van der Waals surface area contributed by atoms with Crippen molar-refractivity contribution in [2.24, 2.45) is 0 Å². The molecule has 0 aliphatic heterocycles. The predicted molar refractivity (Wildman–Crippen MR) is 104 cm³/mol. The van der Waals surface area contributed by atoms with Crippen LogP contribution in [-0.4, -0.2) is 40.8 Å². The monoisotopic (exact) mass is 390 g/mol. The molecule has 0 unspecified atom stereocenters. The third-order valence-electron chi connectivity index (χ3n) is 4.26. The summed E-state index contributed by atoms with van der Waals surface area (Å²) < 4.78 is 35.8. The number of rotatable bonds is 7. The molecule has 27 heavy (non-hydrogen) atoms. The van der Waals surface area contributed by atoms with Gasteiger partial charge in [-0.1, -0.05) is 0 Å². The Morgan fingerprint density at radius 1 is 1.04 bits per heavy atom. The summed E-state index contributed by atoms with van der Waals surface area (Å²) in [6, 6.07) is 11.7. The van der Waals surface area contributed by atoms with E-state index in [-0.39, 0.29) is 11.9 Å². The van der Waals surface area contributed by atoms with Crippen LogP contribution in [0.2, 0.25) is 0 Å². The summed E-state index contributed by atoms with van der Waals surface area (Å²) in [5, 5.41) is 2.79. The highest BCUT2D eigenvalue weighted by molar-refractivity contribution is 7.92. The number of nitrogens with zero attached hydrogens (tertiary/aromatic N) is 1. The van der Waals surface area contributed by atoms with Gasteiger partial charge in [0.15, 0.2) is 11.5 Å². The van der Waals surface area contributed by atoms with E-state index in [0.29, 0.717) is 28.4 Å². The summed E-state index contributed by atoms with van der Waals surface area (Å²) >= 11 is 0. The van der Waals surface area contributed by atoms with Gasteiger partial charge in [-0.25, -0.2) is 8.42 Å². The third kappa shape index (κ3) is 4.33. The first kappa shape index (κ1) is 19.0. The average molecular weight is 390 g/mol. The summed E-state index contributed by atoms with van der Waals surface area (Å²) in [6.07, 6.45) is 2.94. The van der Waals surface area contributed by atoms with Gasteiger partial charge in [-0.15, -0.1) is 0 Å². The number of sulfonamides is 1. The molecule has 0 atom stereocenters. The van der Waals surface area contributed by atoms with Gasteiger partial charge < -0.3 is 14.8 Å². The molecule has 3 rings (SSSR count). The van der Waals surface area contributed by atoms with E-state index in [1.807, 2.05) is 0 Å². The second kappa shape index (κ2) is 7.48. The topological polar surface area (TPSA) is 84.9 Å². The van der Waals surface area contributed by atoms with Gasteiger partial charge in [0.1, 0.15) is 0 Å². The smallest absolute Gasteiger partial charge is 0.255 e. The number of carbonyl (C=O) groups is 1. The van der Waals surface area contributed by atoms with Crippen LogP contribution in [-0.2, 0) is 10.0 Å². The second-order valence-corrected chi connectivity index (χ2v) is 8.22. The van der Waals surface area contributed by atoms with Crippen molar-refractivity contribution in [2.75, 3.05) is 30.1 Å². The van der Waals surface area contributed by atoms with Gasteiger partial charge in [-0.2, -0.15) is 0 Å². The van der Waals surface area contributed by atoms with Crippen LogP contribution in [0.3, 0.4) is 0 Å². The SMILES string of the molecule is COc1ccc(C(=O)Nc2ccc(N(C3CC3)S(C)(=O)=O)cc2)cc1OC. The Kier molecular flexibility index (Phi) is 5.27. The fourth-order valence-corrected chi connectivity index (χ4v) is 4.11. The van der Waals surface area contributed by atoms with E-state index in [2.05, 4.69) is 5.32 Å². The number of ether oxygens (including phenoxy) is 2. The minimum absolute atomic E-state index is 0.0344. The molecule has 1 aliphatic rings. The highest BCUT2D eigenvalue weighted by atomic mass is 32.2. The quantitative estimate of drug-likeness (QED) is 0.786. The highest BCUT2D eigenvalue weighted by Gasteiger charge is 2.35. The van der Waals surface area contributed by atoms with Crippen molar-refractivity contribution in [2.45, 2.75) is 18.9 Å². The number of amides is 1. The minimum Gasteiger partial charge on any atom is -0.493 e. The summed E-state index contributed by atoms with van der Waals surface area (Å²) in [6.45, 7) is 0. The number of hydrogen-bond acceptors (Lipinski definition) is 5. The lowest BCUT2D eigenvalue weighted by atomic mass is 10.1. The number of methoxy groups -OCH3 is 2. The van der Waals surface area contributed by atoms with Crippen LogP contribution in [0.15, 0.2) is 42.5 Å². The van der Waals surface area contributed by atoms with Gasteiger partial charge in [-0.05, 0) is 55.3 Å². The van der Waals surface area contributed by atoms with Crippen LogP contribution < -0.4 is 19.1 Å². The molecular formula is C19H22N2O5S. The van der Waals surface area contributed by atoms with Crippen LogP contribution in [0.5, 0.6) is 11.5 Å². The molecule has 8 heteroatoms. The summed E-state index contributed by atoms with van der Waals surface area (Å²) in [4.78, 5) is 12.5. The number of benzene rings is 2. The largest absolute Gasteiger partial charge is 0.493 e. The maximum atomic E-state index is 12.5. The van der Waals surface area contributed by atoms with E-state index in [0.717, 1.165) is 12.8 Å². The third-order valence-corrected chi connectivity index (χ3v) is 5.48. The lowest BCUT2D eigenvalue weighted by Gasteiger charge is -2.22. The van der Waals surface area contributed by atoms with E-state index in [9.17, 15) is 13.2 Å². The first-order valence-corrected chi connectivity index (χ1v) is 10.3. The van der Waals surface area contributed by atoms with E-state index in [1.165, 1.54) is 24.8 Å². The van der Waals surface area contributed by atoms with Crippen LogP contribution in [0.4, 0.5) is 11.4 Å². The van der Waals surface area contributed by atoms with Gasteiger partial charge in [0.2, 0.25) is 10.0 Å². The highest BCUT2D eigenvalue weighted by Crippen LogP contribution is 2.34. The van der Waals surface area contributed by atoms with E-state index in [4.69, 9.17) is 9.47 Å². The van der Waals surface area contributed by atoms with Gasteiger partial charge in [0.05, 0.1) is 26.2 Å². The Bertz CT molecular complexity index is 937. The molecule has 2 aromatic carbocycles. The van der Waals surface area contributed by atoms with Crippen molar-refractivity contribution < 1.29 is 22.7 Å². The second-order valence-electron chi connectivity index (χ2n) is 6.36. The Labute approximate surface area is 158 Å². The number of hydrogen-bond donors (Lipinski definition) is 1. The van der Waals surface area contributed by atoms with E-state index in [1.54, 1.807) is 42.5 Å². The Morgan fingerprint density at radius 2 is 1.67 bits per heavy atom. The van der Waals surface area contributed by atoms with Gasteiger partial charge in [-0.3, -0.25) is 9.10 Å². The van der Waals surface area contributed by atoms with Crippen LogP contribution in [0, 0.1) is 0 Å². The molecule has 2 aromatic rings. The van der Waals surface area contributed by atoms with Crippen molar-refractivity contribution in [3.63, 3.8) is 0 Å². The molecule has 1 amide bonds. The number of carbonyl (C=O) groups excluding carboxylic acids is 1. The number of anilines is 2. The van der Waals surface area contributed by atoms with Crippen LogP contribution >= 0.6 is 0 Å². The van der Waals surface area contributed by atoms with Crippen molar-refractivity contribution in [1.82, 2.24) is 0 Å². The minimum atomic E-state index is -3.33. The molecule has 0 heterocycles. The van der Waals surface area contributed by atoms with E-state index >= 15 is 0 Å². The summed E-state index contributed by atoms with van der Waals surface area (Å²) in [5.41, 5.74) is 1.60. The van der Waals surface area contributed by atoms with Gasteiger partial charge in [0.25, 0.3) is 5.91 Å². The number of nitrogens with one attached hydrogen (secondary N) is 1. The maximum Gasteiger partial charge on any atom is 0.255 e. The average Bonchev–Trinajstić information content (AvgIpc) is 3.46. The molecule has 1 saturated carbocycles. The van der Waals surface area contributed by atoms with Gasteiger partial charge >= 0.3 is 0 Å². The summed E-state index contributed by atoms with van der Waals surface area (Å²) in [5.74, 6) is 0.707. The zero-order valence-corrected chi connectivity index (χ0v) is 16.2. The van der Waals surface area contributed by atoms with Crippen molar-refractivity contribution in [3.8, 4) is 11.5 Å². The fourth-order valence-electron chi connectivity index (χ4n) is 2.85. The molecule has 1 aliphatic carbocycles. The Morgan fingerprint density at radius 3 is 2.19 bits per heavy atom. The molecule has 0 bridgehead atoms. The van der Waals surface area contributed by atoms with Crippen molar-refractivity contribution >= 4 is 27.3 Å². The standard InChI is InChI=1S/C19H22N2O5S/c1-25-17-11-4-13(12-18(17)26-2)19(22)20-14-5-7-15(8-6-14)21(16-9-10-16)27(3,23)24/h4-8,11-12,16H,9-10H2,1-3H3,(H,20,22). The van der Waals surface area contributed by atoms with Crippen molar-refractivity contribution in [3.05, 3.63) is 48.0 Å². The molecule has 0 saturated heterocycles. The lowest BCUT2D eigenvalue weighted by molar-refractivity contribution is 0.102. The lowest BCUT2D eigenvalue weighted by Crippen LogP contribution is -2.31. The summed E-state index contributed by atoms with van der Waals surface area (Å²) in [7, 11) is -0.294. The Hall–Kier alpha value is -2.74. The van der Waals surface area contributed by atoms with Gasteiger partial charge in [0, 0.05) is 17.3 Å². The zero-order chi connectivity index (χ0) is 19.6. The molecule has 144 valence electrons. The first-order valence-electron chi connectivity index (χ1n) is 8.46. The molecule has 0 radical (unpaired) electrons.